The molecule has 4 rings (SSSR count). The summed E-state index contributed by atoms with van der Waals surface area (Å²) >= 11 is 0. The highest BCUT2D eigenvalue weighted by Crippen LogP contribution is 2.32. The van der Waals surface area contributed by atoms with E-state index in [1.165, 1.54) is 10.5 Å². The van der Waals surface area contributed by atoms with Gasteiger partial charge in [-0.15, -0.1) is 0 Å². The molecule has 0 bridgehead atoms. The van der Waals surface area contributed by atoms with E-state index in [0.29, 0.717) is 29.2 Å². The Bertz CT molecular complexity index is 1050. The summed E-state index contributed by atoms with van der Waals surface area (Å²) < 4.78 is 10.8. The van der Waals surface area contributed by atoms with Crippen molar-refractivity contribution in [2.75, 3.05) is 18.1 Å². The minimum Gasteiger partial charge on any atom is -0.360 e. The number of anilines is 1. The zero-order valence-corrected chi connectivity index (χ0v) is 17.4. The van der Waals surface area contributed by atoms with Crippen molar-refractivity contribution < 1.29 is 18.8 Å². The molecule has 1 N–H and O–H groups in total. The van der Waals surface area contributed by atoms with E-state index in [-0.39, 0.29) is 18.4 Å². The second-order valence-electron chi connectivity index (χ2n) is 7.55. The topological polar surface area (TPSA) is 84.7 Å². The number of nitrogens with one attached hydrogen (secondary N) is 1. The minimum atomic E-state index is -0.643. The lowest BCUT2D eigenvalue weighted by atomic mass is 10.1. The molecule has 0 saturated carbocycles. The number of nitrogens with zero attached hydrogens (tertiary/aromatic N) is 2. The number of ether oxygens (including phenoxy) is 1. The lowest BCUT2D eigenvalue weighted by Crippen LogP contribution is -2.29. The van der Waals surface area contributed by atoms with Crippen molar-refractivity contribution >= 4 is 17.6 Å². The second-order valence-corrected chi connectivity index (χ2v) is 7.55. The van der Waals surface area contributed by atoms with E-state index in [1.54, 1.807) is 31.2 Å². The SMILES string of the molecule is Cc1cc(N2C(=O)COC2c2cccc(C(=O)NCCCCc3ccccc3)c2)no1. The number of hydrogen-bond acceptors (Lipinski definition) is 5. The zero-order chi connectivity index (χ0) is 21.6. The number of rotatable bonds is 8. The van der Waals surface area contributed by atoms with Gasteiger partial charge in [-0.3, -0.25) is 14.5 Å². The molecule has 1 saturated heterocycles. The number of amides is 2. The van der Waals surface area contributed by atoms with Crippen molar-refractivity contribution in [1.29, 1.82) is 0 Å². The van der Waals surface area contributed by atoms with Crippen LogP contribution in [0.4, 0.5) is 5.82 Å². The van der Waals surface area contributed by atoms with E-state index in [9.17, 15) is 9.59 Å². The molecule has 0 radical (unpaired) electrons. The highest BCUT2D eigenvalue weighted by molar-refractivity contribution is 5.96. The van der Waals surface area contributed by atoms with Crippen LogP contribution in [0.15, 0.2) is 65.2 Å². The summed E-state index contributed by atoms with van der Waals surface area (Å²) in [5.74, 6) is 0.661. The normalized spacial score (nSPS) is 16.0. The molecule has 7 nitrogen and oxygen atoms in total. The van der Waals surface area contributed by atoms with Gasteiger partial charge in [0.25, 0.3) is 11.8 Å². The highest BCUT2D eigenvalue weighted by atomic mass is 16.5. The van der Waals surface area contributed by atoms with Crippen LogP contribution in [0.25, 0.3) is 0 Å². The summed E-state index contributed by atoms with van der Waals surface area (Å²) in [6.45, 7) is 2.32. The number of carbonyl (C=O) groups is 2. The van der Waals surface area contributed by atoms with E-state index in [2.05, 4.69) is 22.6 Å². The Hall–Kier alpha value is -3.45. The molecule has 1 aliphatic rings. The molecular weight excluding hydrogens is 394 g/mol. The Morgan fingerprint density at radius 1 is 1.13 bits per heavy atom. The maximum Gasteiger partial charge on any atom is 0.256 e. The summed E-state index contributed by atoms with van der Waals surface area (Å²) in [6.07, 6.45) is 2.26. The Labute approximate surface area is 181 Å². The first-order chi connectivity index (χ1) is 15.1. The molecule has 1 atom stereocenters. The summed E-state index contributed by atoms with van der Waals surface area (Å²) in [4.78, 5) is 26.4. The van der Waals surface area contributed by atoms with Crippen LogP contribution in [0.2, 0.25) is 0 Å². The van der Waals surface area contributed by atoms with Crippen molar-refractivity contribution in [3.05, 3.63) is 83.1 Å². The third-order valence-electron chi connectivity index (χ3n) is 5.18. The molecule has 1 aromatic heterocycles. The van der Waals surface area contributed by atoms with Crippen LogP contribution >= 0.6 is 0 Å². The van der Waals surface area contributed by atoms with E-state index in [0.717, 1.165) is 19.3 Å². The lowest BCUT2D eigenvalue weighted by molar-refractivity contribution is -0.117. The zero-order valence-electron chi connectivity index (χ0n) is 17.4. The Morgan fingerprint density at radius 3 is 2.74 bits per heavy atom. The maximum atomic E-state index is 12.6. The fourth-order valence-corrected chi connectivity index (χ4v) is 3.62. The Kier molecular flexibility index (Phi) is 6.43. The minimum absolute atomic E-state index is 0.0472. The van der Waals surface area contributed by atoms with Gasteiger partial charge in [0.2, 0.25) is 0 Å². The molecule has 1 aliphatic heterocycles. The van der Waals surface area contributed by atoms with Gasteiger partial charge in [0.05, 0.1) is 0 Å². The molecule has 7 heteroatoms. The third-order valence-corrected chi connectivity index (χ3v) is 5.18. The molecule has 1 fully saturated rings. The van der Waals surface area contributed by atoms with Crippen molar-refractivity contribution in [1.82, 2.24) is 10.5 Å². The smallest absolute Gasteiger partial charge is 0.256 e. The molecular formula is C24H25N3O4. The van der Waals surface area contributed by atoms with E-state index >= 15 is 0 Å². The second kappa shape index (κ2) is 9.57. The monoisotopic (exact) mass is 419 g/mol. The number of aryl methyl sites for hydroxylation is 2. The largest absolute Gasteiger partial charge is 0.360 e. The first-order valence-corrected chi connectivity index (χ1v) is 10.4. The third kappa shape index (κ3) is 5.00. The van der Waals surface area contributed by atoms with Crippen LogP contribution in [0, 0.1) is 6.92 Å². The number of benzene rings is 2. The molecule has 0 spiro atoms. The maximum absolute atomic E-state index is 12.6. The number of carbonyl (C=O) groups excluding carboxylic acids is 2. The van der Waals surface area contributed by atoms with Crippen LogP contribution in [0.3, 0.4) is 0 Å². The average molecular weight is 419 g/mol. The number of hydrogen-bond donors (Lipinski definition) is 1. The summed E-state index contributed by atoms with van der Waals surface area (Å²) in [6, 6.07) is 19.1. The van der Waals surface area contributed by atoms with Crippen molar-refractivity contribution in [3.8, 4) is 0 Å². The number of aromatic nitrogens is 1. The van der Waals surface area contributed by atoms with Gasteiger partial charge in [0.1, 0.15) is 12.4 Å². The van der Waals surface area contributed by atoms with E-state index < -0.39 is 6.23 Å². The summed E-state index contributed by atoms with van der Waals surface area (Å²) in [5, 5.41) is 6.90. The van der Waals surface area contributed by atoms with E-state index in [4.69, 9.17) is 9.26 Å². The van der Waals surface area contributed by atoms with Crippen LogP contribution in [-0.2, 0) is 16.0 Å². The summed E-state index contributed by atoms with van der Waals surface area (Å²) in [7, 11) is 0. The predicted molar refractivity (Wildman–Crippen MR) is 116 cm³/mol. The van der Waals surface area contributed by atoms with Gasteiger partial charge in [-0.05, 0) is 43.9 Å². The van der Waals surface area contributed by atoms with Crippen molar-refractivity contribution in [3.63, 3.8) is 0 Å². The molecule has 3 aromatic rings. The first kappa shape index (κ1) is 20.8. The van der Waals surface area contributed by atoms with Crippen LogP contribution in [0.1, 0.15) is 46.3 Å². The van der Waals surface area contributed by atoms with Crippen molar-refractivity contribution in [2.45, 2.75) is 32.4 Å². The molecule has 0 aliphatic carbocycles. The quantitative estimate of drug-likeness (QED) is 0.562. The molecule has 31 heavy (non-hydrogen) atoms. The standard InChI is InChI=1S/C24H25N3O4/c1-17-14-21(26-31-17)27-22(28)16-30-24(27)20-12-7-11-19(15-20)23(29)25-13-6-5-10-18-8-3-2-4-9-18/h2-4,7-9,11-12,14-15,24H,5-6,10,13,16H2,1H3,(H,25,29). The lowest BCUT2D eigenvalue weighted by Gasteiger charge is -2.21. The van der Waals surface area contributed by atoms with Crippen LogP contribution in [0.5, 0.6) is 0 Å². The highest BCUT2D eigenvalue weighted by Gasteiger charge is 2.36. The molecule has 2 amide bonds. The van der Waals surface area contributed by atoms with E-state index in [1.807, 2.05) is 24.3 Å². The predicted octanol–water partition coefficient (Wildman–Crippen LogP) is 3.80. The number of unbranched alkanes of at least 4 members (excludes halogenated alkanes) is 1. The van der Waals surface area contributed by atoms with Gasteiger partial charge in [-0.2, -0.15) is 0 Å². The van der Waals surface area contributed by atoms with Crippen molar-refractivity contribution in [2.24, 2.45) is 0 Å². The summed E-state index contributed by atoms with van der Waals surface area (Å²) in [5.41, 5.74) is 2.54. The molecule has 2 heterocycles. The van der Waals surface area contributed by atoms with Gasteiger partial charge < -0.3 is 14.6 Å². The fourth-order valence-electron chi connectivity index (χ4n) is 3.62. The fraction of sp³-hybridized carbons (Fsp3) is 0.292. The Balaban J connectivity index is 1.35. The first-order valence-electron chi connectivity index (χ1n) is 10.4. The van der Waals surface area contributed by atoms with Gasteiger partial charge in [0.15, 0.2) is 12.0 Å². The average Bonchev–Trinajstić information content (AvgIpc) is 3.39. The molecule has 2 aromatic carbocycles. The van der Waals surface area contributed by atoms with Gasteiger partial charge in [-0.25, -0.2) is 0 Å². The van der Waals surface area contributed by atoms with Crippen LogP contribution in [-0.4, -0.2) is 30.1 Å². The molecule has 1 unspecified atom stereocenters. The van der Waals surface area contributed by atoms with Gasteiger partial charge >= 0.3 is 0 Å². The van der Waals surface area contributed by atoms with Gasteiger partial charge in [0, 0.05) is 23.7 Å². The Morgan fingerprint density at radius 2 is 1.97 bits per heavy atom. The van der Waals surface area contributed by atoms with Crippen LogP contribution < -0.4 is 10.2 Å². The molecule has 160 valence electrons. The van der Waals surface area contributed by atoms with Gasteiger partial charge in [-0.1, -0.05) is 47.6 Å².